The topological polar surface area (TPSA) is 59.0 Å². The van der Waals surface area contributed by atoms with Crippen molar-refractivity contribution in [2.75, 3.05) is 17.2 Å². The molecule has 0 aliphatic heterocycles. The van der Waals surface area contributed by atoms with Crippen LogP contribution in [0.2, 0.25) is 0 Å². The molecule has 2 aromatic rings. The maximum atomic E-state index is 11.6. The number of hydrogen-bond acceptors (Lipinski definition) is 3. The zero-order valence-corrected chi connectivity index (χ0v) is 12.4. The van der Waals surface area contributed by atoms with E-state index in [9.17, 15) is 4.79 Å². The fourth-order valence-electron chi connectivity index (χ4n) is 2.00. The summed E-state index contributed by atoms with van der Waals surface area (Å²) in [5, 5.41) is 10.3. The molecule has 1 aromatic heterocycles. The van der Waals surface area contributed by atoms with E-state index in [1.807, 2.05) is 31.4 Å². The van der Waals surface area contributed by atoms with Gasteiger partial charge in [0.15, 0.2) is 0 Å². The number of anilines is 2. The van der Waals surface area contributed by atoms with E-state index in [0.29, 0.717) is 0 Å². The Balaban J connectivity index is 2.35. The molecule has 110 valence electrons. The predicted octanol–water partition coefficient (Wildman–Crippen LogP) is 3.03. The van der Waals surface area contributed by atoms with Crippen molar-refractivity contribution in [2.45, 2.75) is 13.3 Å². The first-order valence-electron chi connectivity index (χ1n) is 6.94. The minimum absolute atomic E-state index is 0.224. The summed E-state index contributed by atoms with van der Waals surface area (Å²) in [6.45, 7) is 6.43. The van der Waals surface area contributed by atoms with Crippen molar-refractivity contribution in [1.82, 2.24) is 9.78 Å². The minimum atomic E-state index is -0.224. The second-order valence-corrected chi connectivity index (χ2v) is 4.78. The highest BCUT2D eigenvalue weighted by Crippen LogP contribution is 2.29. The molecule has 1 amide bonds. The van der Waals surface area contributed by atoms with Gasteiger partial charge < -0.3 is 10.6 Å². The summed E-state index contributed by atoms with van der Waals surface area (Å²) in [5.41, 5.74) is 3.66. The lowest BCUT2D eigenvalue weighted by atomic mass is 10.1. The number of benzene rings is 1. The largest absolute Gasteiger partial charge is 0.383 e. The van der Waals surface area contributed by atoms with Crippen LogP contribution in [0.5, 0.6) is 0 Å². The van der Waals surface area contributed by atoms with Gasteiger partial charge in [-0.25, -0.2) is 0 Å². The van der Waals surface area contributed by atoms with Crippen LogP contribution in [0.4, 0.5) is 11.4 Å². The molecule has 0 aliphatic rings. The molecule has 0 bridgehead atoms. The van der Waals surface area contributed by atoms with Crippen molar-refractivity contribution in [1.29, 1.82) is 0 Å². The van der Waals surface area contributed by atoms with Gasteiger partial charge >= 0.3 is 0 Å². The molecule has 0 saturated carbocycles. The first-order valence-corrected chi connectivity index (χ1v) is 6.94. The monoisotopic (exact) mass is 284 g/mol. The molecular weight excluding hydrogens is 264 g/mol. The SMILES string of the molecule is C=CC(=O)Nc1cc(-c2cnn(C)c2)ccc1NCCC. The number of aryl methyl sites for hydroxylation is 1. The summed E-state index contributed by atoms with van der Waals surface area (Å²) in [5.74, 6) is -0.224. The number of nitrogens with zero attached hydrogens (tertiary/aromatic N) is 2. The highest BCUT2D eigenvalue weighted by atomic mass is 16.1. The van der Waals surface area contributed by atoms with E-state index < -0.39 is 0 Å². The van der Waals surface area contributed by atoms with Crippen molar-refractivity contribution < 1.29 is 4.79 Å². The zero-order chi connectivity index (χ0) is 15.2. The van der Waals surface area contributed by atoms with Gasteiger partial charge in [-0.3, -0.25) is 9.48 Å². The van der Waals surface area contributed by atoms with Crippen molar-refractivity contribution in [3.8, 4) is 11.1 Å². The third-order valence-electron chi connectivity index (χ3n) is 3.07. The Labute approximate surface area is 124 Å². The van der Waals surface area contributed by atoms with Gasteiger partial charge in [-0.05, 0) is 30.2 Å². The lowest BCUT2D eigenvalue weighted by Crippen LogP contribution is -2.11. The summed E-state index contributed by atoms with van der Waals surface area (Å²) in [4.78, 5) is 11.6. The lowest BCUT2D eigenvalue weighted by molar-refractivity contribution is -0.111. The normalized spacial score (nSPS) is 10.2. The van der Waals surface area contributed by atoms with Crippen LogP contribution in [0.1, 0.15) is 13.3 Å². The van der Waals surface area contributed by atoms with Crippen LogP contribution < -0.4 is 10.6 Å². The van der Waals surface area contributed by atoms with Crippen LogP contribution in [-0.4, -0.2) is 22.2 Å². The second kappa shape index (κ2) is 6.74. The Hall–Kier alpha value is -2.56. The number of carbonyl (C=O) groups excluding carboxylic acids is 1. The van der Waals surface area contributed by atoms with E-state index in [2.05, 4.69) is 29.2 Å². The Morgan fingerprint density at radius 2 is 2.19 bits per heavy atom. The minimum Gasteiger partial charge on any atom is -0.383 e. The fourth-order valence-corrected chi connectivity index (χ4v) is 2.00. The molecule has 0 saturated heterocycles. The average molecular weight is 284 g/mol. The lowest BCUT2D eigenvalue weighted by Gasteiger charge is -2.13. The predicted molar refractivity (Wildman–Crippen MR) is 86.3 cm³/mol. The van der Waals surface area contributed by atoms with Crippen LogP contribution in [0.25, 0.3) is 11.1 Å². The standard InChI is InChI=1S/C16H20N4O/c1-4-8-17-14-7-6-12(13-10-18-20(3)11-13)9-15(14)19-16(21)5-2/h5-7,9-11,17H,2,4,8H2,1,3H3,(H,19,21). The number of aromatic nitrogens is 2. The van der Waals surface area contributed by atoms with Gasteiger partial charge in [0.1, 0.15) is 0 Å². The third kappa shape index (κ3) is 3.72. The zero-order valence-electron chi connectivity index (χ0n) is 12.4. The number of amides is 1. The summed E-state index contributed by atoms with van der Waals surface area (Å²) >= 11 is 0. The Bertz CT molecular complexity index is 645. The summed E-state index contributed by atoms with van der Waals surface area (Å²) < 4.78 is 1.75. The van der Waals surface area contributed by atoms with Gasteiger partial charge in [-0.2, -0.15) is 5.10 Å². The van der Waals surface area contributed by atoms with Gasteiger partial charge in [-0.1, -0.05) is 19.6 Å². The molecule has 0 spiro atoms. The summed E-state index contributed by atoms with van der Waals surface area (Å²) in [6.07, 6.45) is 6.01. The van der Waals surface area contributed by atoms with E-state index in [4.69, 9.17) is 0 Å². The summed E-state index contributed by atoms with van der Waals surface area (Å²) in [7, 11) is 1.88. The molecule has 5 heteroatoms. The van der Waals surface area contributed by atoms with Gasteiger partial charge in [0.05, 0.1) is 17.6 Å². The molecule has 21 heavy (non-hydrogen) atoms. The molecule has 0 fully saturated rings. The van der Waals surface area contributed by atoms with Crippen LogP contribution in [-0.2, 0) is 11.8 Å². The Morgan fingerprint density at radius 3 is 2.81 bits per heavy atom. The van der Waals surface area contributed by atoms with Crippen LogP contribution in [0.15, 0.2) is 43.2 Å². The Kier molecular flexibility index (Phi) is 4.77. The van der Waals surface area contributed by atoms with E-state index in [1.165, 1.54) is 6.08 Å². The van der Waals surface area contributed by atoms with Crippen molar-refractivity contribution in [2.24, 2.45) is 7.05 Å². The fraction of sp³-hybridized carbons (Fsp3) is 0.250. The molecular formula is C16H20N4O. The molecule has 5 nitrogen and oxygen atoms in total. The smallest absolute Gasteiger partial charge is 0.247 e. The number of nitrogens with one attached hydrogen (secondary N) is 2. The van der Waals surface area contributed by atoms with E-state index >= 15 is 0 Å². The van der Waals surface area contributed by atoms with Crippen molar-refractivity contribution >= 4 is 17.3 Å². The van der Waals surface area contributed by atoms with Gasteiger partial charge in [0, 0.05) is 25.4 Å². The maximum absolute atomic E-state index is 11.6. The molecule has 0 unspecified atom stereocenters. The molecule has 1 aromatic carbocycles. The van der Waals surface area contributed by atoms with Crippen LogP contribution in [0, 0.1) is 0 Å². The highest BCUT2D eigenvalue weighted by Gasteiger charge is 2.08. The molecule has 2 N–H and O–H groups in total. The number of carbonyl (C=O) groups is 1. The first-order chi connectivity index (χ1) is 10.1. The van der Waals surface area contributed by atoms with E-state index in [1.54, 1.807) is 10.9 Å². The third-order valence-corrected chi connectivity index (χ3v) is 3.07. The van der Waals surface area contributed by atoms with E-state index in [0.717, 1.165) is 35.5 Å². The van der Waals surface area contributed by atoms with Gasteiger partial charge in [0.25, 0.3) is 0 Å². The van der Waals surface area contributed by atoms with Gasteiger partial charge in [-0.15, -0.1) is 0 Å². The Morgan fingerprint density at radius 1 is 1.38 bits per heavy atom. The number of rotatable bonds is 6. The van der Waals surface area contributed by atoms with Crippen LogP contribution >= 0.6 is 0 Å². The molecule has 1 heterocycles. The second-order valence-electron chi connectivity index (χ2n) is 4.78. The van der Waals surface area contributed by atoms with Crippen molar-refractivity contribution in [3.05, 3.63) is 43.2 Å². The highest BCUT2D eigenvalue weighted by molar-refractivity contribution is 6.01. The molecule has 0 radical (unpaired) electrons. The summed E-state index contributed by atoms with van der Waals surface area (Å²) in [6, 6.07) is 5.92. The molecule has 2 rings (SSSR count). The number of hydrogen-bond donors (Lipinski definition) is 2. The van der Waals surface area contributed by atoms with Crippen LogP contribution in [0.3, 0.4) is 0 Å². The maximum Gasteiger partial charge on any atom is 0.247 e. The van der Waals surface area contributed by atoms with Crippen molar-refractivity contribution in [3.63, 3.8) is 0 Å². The average Bonchev–Trinajstić information content (AvgIpc) is 2.92. The van der Waals surface area contributed by atoms with Gasteiger partial charge in [0.2, 0.25) is 5.91 Å². The molecule has 0 atom stereocenters. The van der Waals surface area contributed by atoms with E-state index in [-0.39, 0.29) is 5.91 Å². The first kappa shape index (κ1) is 14.8. The molecule has 0 aliphatic carbocycles. The quantitative estimate of drug-likeness (QED) is 0.802.